The molecule has 4 aliphatic rings. The molecule has 19 heteroatoms. The number of amides is 4. The Morgan fingerprint density at radius 3 is 2.53 bits per heavy atom. The maximum absolute atomic E-state index is 14.8. The Labute approximate surface area is 334 Å². The molecule has 318 valence electrons. The van der Waals surface area contributed by atoms with Gasteiger partial charge in [-0.15, -0.1) is 0 Å². The summed E-state index contributed by atoms with van der Waals surface area (Å²) in [5, 5.41) is 6.40. The van der Waals surface area contributed by atoms with Crippen molar-refractivity contribution in [1.29, 1.82) is 0 Å². The number of alkyl carbamates (subject to hydrolysis) is 1. The molecule has 2 aromatic rings. The molecule has 3 N–H and O–H groups in total. The summed E-state index contributed by atoms with van der Waals surface area (Å²) in [6.45, 7) is 6.02. The standard InChI is InChI=1S/C39H50F3N5O10S/c1-7-29-30(44-35(51)57-36(3,4)39(40,41)42)33(49)47-21-26(56-32-27-13-12-25(54-6)18-23(27)14-17-43-32)19-28(47)31(48)45-38(20-24(38)11-9-8-10-22(2)55-29)34(50)46-58(52,53)37(5)15-16-37/h9,11-14,17-18,22,24,26,28-30H,7-8,10,15-16,19-21H2,1-6H3,(H,44,51)(H,45,48)(H,46,50). The number of hydrogen-bond acceptors (Lipinski definition) is 11. The van der Waals surface area contributed by atoms with Crippen LogP contribution in [0.1, 0.15) is 79.6 Å². The molecule has 0 spiro atoms. The fourth-order valence-electron chi connectivity index (χ4n) is 7.25. The number of pyridine rings is 1. The molecule has 58 heavy (non-hydrogen) atoms. The summed E-state index contributed by atoms with van der Waals surface area (Å²) in [5.41, 5.74) is -4.60. The van der Waals surface area contributed by atoms with E-state index in [1.165, 1.54) is 20.2 Å². The van der Waals surface area contributed by atoms with E-state index in [0.717, 1.165) is 10.3 Å². The Kier molecular flexibility index (Phi) is 11.7. The number of aromatic nitrogens is 1. The molecule has 7 unspecified atom stereocenters. The van der Waals surface area contributed by atoms with Crippen molar-refractivity contribution in [2.24, 2.45) is 5.92 Å². The number of fused-ring (bicyclic) bond motifs is 3. The van der Waals surface area contributed by atoms with Crippen LogP contribution in [0.2, 0.25) is 0 Å². The van der Waals surface area contributed by atoms with Gasteiger partial charge in [-0.3, -0.25) is 19.1 Å². The van der Waals surface area contributed by atoms with Gasteiger partial charge in [-0.1, -0.05) is 19.1 Å². The zero-order chi connectivity index (χ0) is 42.4. The second kappa shape index (κ2) is 15.8. The van der Waals surface area contributed by atoms with Gasteiger partial charge >= 0.3 is 12.3 Å². The lowest BCUT2D eigenvalue weighted by Gasteiger charge is -2.35. The SMILES string of the molecule is CCC1OC(C)CCC=CC2CC2(C(=O)NS(=O)(=O)C2(C)CC2)NC(=O)C2CC(Oc3nccc4cc(OC)ccc34)CN2C(=O)C1NC(=O)OC(C)(C)C(F)(F)F. The topological polar surface area (TPSA) is 192 Å². The molecule has 0 radical (unpaired) electrons. The average molecular weight is 838 g/mol. The summed E-state index contributed by atoms with van der Waals surface area (Å²) in [6, 6.07) is 3.96. The summed E-state index contributed by atoms with van der Waals surface area (Å²) in [7, 11) is -2.57. The highest BCUT2D eigenvalue weighted by molar-refractivity contribution is 7.91. The maximum atomic E-state index is 14.8. The van der Waals surface area contributed by atoms with Crippen molar-refractivity contribution in [2.45, 2.75) is 132 Å². The summed E-state index contributed by atoms with van der Waals surface area (Å²) in [4.78, 5) is 61.9. The van der Waals surface area contributed by atoms with Crippen molar-refractivity contribution < 1.29 is 59.7 Å². The van der Waals surface area contributed by atoms with Crippen LogP contribution in [0, 0.1) is 5.92 Å². The Hall–Kier alpha value is -4.65. The second-order valence-corrected chi connectivity index (χ2v) is 18.5. The number of carbonyl (C=O) groups is 4. The molecule has 2 aliphatic heterocycles. The van der Waals surface area contributed by atoms with Crippen LogP contribution in [0.25, 0.3) is 10.8 Å². The fraction of sp³-hybridized carbons (Fsp3) is 0.615. The number of alkyl halides is 3. The highest BCUT2D eigenvalue weighted by Crippen LogP contribution is 2.47. The molecule has 1 aromatic carbocycles. The third-order valence-corrected chi connectivity index (χ3v) is 13.7. The van der Waals surface area contributed by atoms with Gasteiger partial charge in [0.2, 0.25) is 33.3 Å². The van der Waals surface area contributed by atoms with E-state index in [1.807, 2.05) is 0 Å². The van der Waals surface area contributed by atoms with Crippen molar-refractivity contribution in [2.75, 3.05) is 13.7 Å². The van der Waals surface area contributed by atoms with Crippen molar-refractivity contribution in [3.63, 3.8) is 0 Å². The molecule has 1 aromatic heterocycles. The van der Waals surface area contributed by atoms with Crippen LogP contribution in [0.3, 0.4) is 0 Å². The molecule has 2 saturated carbocycles. The first-order valence-electron chi connectivity index (χ1n) is 19.3. The first kappa shape index (κ1) is 42.9. The Bertz CT molecular complexity index is 2080. The van der Waals surface area contributed by atoms with Crippen LogP contribution in [-0.4, -0.2) is 108 Å². The molecular weight excluding hydrogens is 788 g/mol. The highest BCUT2D eigenvalue weighted by Gasteiger charge is 2.63. The number of sulfonamides is 1. The highest BCUT2D eigenvalue weighted by atomic mass is 32.2. The first-order valence-corrected chi connectivity index (χ1v) is 20.8. The minimum absolute atomic E-state index is 0.0757. The van der Waals surface area contributed by atoms with Crippen LogP contribution < -0.4 is 24.8 Å². The predicted molar refractivity (Wildman–Crippen MR) is 203 cm³/mol. The first-order chi connectivity index (χ1) is 27.1. The van der Waals surface area contributed by atoms with E-state index >= 15 is 0 Å². The Balaban J connectivity index is 1.37. The predicted octanol–water partition coefficient (Wildman–Crippen LogP) is 4.43. The molecule has 3 fully saturated rings. The molecule has 6 rings (SSSR count). The Morgan fingerprint density at radius 1 is 1.16 bits per heavy atom. The van der Waals surface area contributed by atoms with Gasteiger partial charge in [-0.05, 0) is 95.9 Å². The van der Waals surface area contributed by atoms with Gasteiger partial charge in [0.25, 0.3) is 5.91 Å². The van der Waals surface area contributed by atoms with Crippen LogP contribution in [0.15, 0.2) is 42.6 Å². The van der Waals surface area contributed by atoms with Gasteiger partial charge in [0.1, 0.15) is 29.5 Å². The largest absolute Gasteiger partial charge is 0.497 e. The number of rotatable bonds is 9. The fourth-order valence-corrected chi connectivity index (χ4v) is 8.57. The number of benzene rings is 1. The van der Waals surface area contributed by atoms with Gasteiger partial charge in [-0.25, -0.2) is 18.2 Å². The molecule has 15 nitrogen and oxygen atoms in total. The summed E-state index contributed by atoms with van der Waals surface area (Å²) in [5.74, 6) is -2.43. The van der Waals surface area contributed by atoms with Gasteiger partial charge in [0.15, 0.2) is 0 Å². The summed E-state index contributed by atoms with van der Waals surface area (Å²) >= 11 is 0. The van der Waals surface area contributed by atoms with Crippen LogP contribution in [0.5, 0.6) is 11.6 Å². The normalized spacial score (nSPS) is 28.9. The van der Waals surface area contributed by atoms with Crippen molar-refractivity contribution in [3.8, 4) is 11.6 Å². The number of hydrogen-bond donors (Lipinski definition) is 3. The molecule has 7 atom stereocenters. The van der Waals surface area contributed by atoms with Crippen LogP contribution in [-0.2, 0) is 33.9 Å². The number of ether oxygens (including phenoxy) is 4. The van der Waals surface area contributed by atoms with Gasteiger partial charge in [0.05, 0.1) is 30.6 Å². The molecule has 2 aliphatic carbocycles. The minimum atomic E-state index is -4.94. The van der Waals surface area contributed by atoms with E-state index in [-0.39, 0.29) is 31.7 Å². The molecular formula is C39H50F3N5O10S. The Morgan fingerprint density at radius 2 is 1.88 bits per heavy atom. The number of allylic oxidation sites excluding steroid dienone is 1. The molecule has 1 saturated heterocycles. The van der Waals surface area contributed by atoms with Gasteiger partial charge in [-0.2, -0.15) is 13.2 Å². The molecule has 4 amide bonds. The summed E-state index contributed by atoms with van der Waals surface area (Å²) < 4.78 is 91.4. The van der Waals surface area contributed by atoms with Gasteiger partial charge < -0.3 is 34.5 Å². The number of methoxy groups -OCH3 is 1. The van der Waals surface area contributed by atoms with E-state index in [9.17, 15) is 40.8 Å². The van der Waals surface area contributed by atoms with E-state index in [2.05, 4.69) is 20.3 Å². The third-order valence-electron chi connectivity index (χ3n) is 11.5. The summed E-state index contributed by atoms with van der Waals surface area (Å²) in [6.07, 6.45) is -2.35. The van der Waals surface area contributed by atoms with E-state index in [0.29, 0.717) is 50.7 Å². The lowest BCUT2D eigenvalue weighted by atomic mass is 10.0. The number of carbonyl (C=O) groups excluding carboxylic acids is 4. The van der Waals surface area contributed by atoms with Crippen molar-refractivity contribution >= 4 is 44.6 Å². The zero-order valence-electron chi connectivity index (χ0n) is 33.2. The second-order valence-electron chi connectivity index (χ2n) is 16.3. The number of nitrogens with zero attached hydrogens (tertiary/aromatic N) is 2. The van der Waals surface area contributed by atoms with Crippen molar-refractivity contribution in [3.05, 3.63) is 42.6 Å². The van der Waals surface area contributed by atoms with Crippen LogP contribution >= 0.6 is 0 Å². The third kappa shape index (κ3) is 8.70. The average Bonchev–Trinajstić information content (AvgIpc) is 4.03. The zero-order valence-corrected chi connectivity index (χ0v) is 34.0. The molecule has 0 bridgehead atoms. The van der Waals surface area contributed by atoms with E-state index in [1.54, 1.807) is 50.3 Å². The van der Waals surface area contributed by atoms with E-state index < -0.39 is 92.2 Å². The van der Waals surface area contributed by atoms with Crippen molar-refractivity contribution in [1.82, 2.24) is 25.2 Å². The van der Waals surface area contributed by atoms with E-state index in [4.69, 9.17) is 18.9 Å². The minimum Gasteiger partial charge on any atom is -0.497 e. The lowest BCUT2D eigenvalue weighted by Crippen LogP contribution is -2.61. The van der Waals surface area contributed by atoms with Crippen LogP contribution in [0.4, 0.5) is 18.0 Å². The number of halogens is 3. The quantitative estimate of drug-likeness (QED) is 0.303. The van der Waals surface area contributed by atoms with Gasteiger partial charge in [0, 0.05) is 23.9 Å². The monoisotopic (exact) mass is 837 g/mol. The molecule has 3 heterocycles. The number of nitrogens with one attached hydrogen (secondary N) is 3. The lowest BCUT2D eigenvalue weighted by molar-refractivity contribution is -0.244. The smallest absolute Gasteiger partial charge is 0.427 e. The maximum Gasteiger partial charge on any atom is 0.427 e.